The summed E-state index contributed by atoms with van der Waals surface area (Å²) in [6.07, 6.45) is 0.937. The number of carbonyl (C=O) groups excluding carboxylic acids is 1. The summed E-state index contributed by atoms with van der Waals surface area (Å²) >= 11 is 0. The number of esters is 1. The van der Waals surface area contributed by atoms with Crippen molar-refractivity contribution in [2.75, 3.05) is 20.8 Å². The molecule has 0 radical (unpaired) electrons. The summed E-state index contributed by atoms with van der Waals surface area (Å²) in [5.41, 5.74) is 0. The van der Waals surface area contributed by atoms with Gasteiger partial charge in [-0.1, -0.05) is 20.3 Å². The van der Waals surface area contributed by atoms with Crippen molar-refractivity contribution in [2.24, 2.45) is 5.92 Å². The molecule has 0 saturated heterocycles. The zero-order valence-electron chi connectivity index (χ0n) is 10.4. The van der Waals surface area contributed by atoms with Crippen molar-refractivity contribution in [3.8, 4) is 0 Å². The maximum absolute atomic E-state index is 11.5. The first-order chi connectivity index (χ1) is 7.06. The maximum Gasteiger partial charge on any atom is 0.323 e. The Morgan fingerprint density at radius 2 is 1.93 bits per heavy atom. The van der Waals surface area contributed by atoms with E-state index < -0.39 is 0 Å². The van der Waals surface area contributed by atoms with Gasteiger partial charge in [0.25, 0.3) is 0 Å². The molecule has 0 bridgehead atoms. The largest absolute Gasteiger partial charge is 0.468 e. The van der Waals surface area contributed by atoms with Gasteiger partial charge in [0.1, 0.15) is 6.04 Å². The molecule has 0 saturated carbocycles. The molecule has 0 aliphatic rings. The van der Waals surface area contributed by atoms with Crippen molar-refractivity contribution in [1.82, 2.24) is 5.32 Å². The zero-order chi connectivity index (χ0) is 11.8. The van der Waals surface area contributed by atoms with E-state index in [1.807, 2.05) is 13.8 Å². The number of carbonyl (C=O) groups is 1. The van der Waals surface area contributed by atoms with E-state index in [1.54, 1.807) is 7.11 Å². The van der Waals surface area contributed by atoms with Gasteiger partial charge in [-0.05, 0) is 12.8 Å². The summed E-state index contributed by atoms with van der Waals surface area (Å²) < 4.78 is 9.79. The standard InChI is InChI=1S/C11H23NO3/c1-6-8(2)10(11(13)15-5)12-9(3)7-14-4/h8-10,12H,6-7H2,1-5H3. The molecule has 0 aromatic heterocycles. The lowest BCUT2D eigenvalue weighted by molar-refractivity contribution is -0.144. The number of hydrogen-bond acceptors (Lipinski definition) is 4. The van der Waals surface area contributed by atoms with Gasteiger partial charge in [-0.2, -0.15) is 0 Å². The van der Waals surface area contributed by atoms with E-state index >= 15 is 0 Å². The van der Waals surface area contributed by atoms with Gasteiger partial charge in [0, 0.05) is 13.2 Å². The van der Waals surface area contributed by atoms with Crippen molar-refractivity contribution in [3.05, 3.63) is 0 Å². The normalized spacial score (nSPS) is 16.9. The van der Waals surface area contributed by atoms with Crippen molar-refractivity contribution in [3.63, 3.8) is 0 Å². The lowest BCUT2D eigenvalue weighted by Crippen LogP contribution is -2.48. The number of nitrogens with one attached hydrogen (secondary N) is 1. The molecule has 0 aromatic carbocycles. The predicted molar refractivity (Wildman–Crippen MR) is 59.7 cm³/mol. The summed E-state index contributed by atoms with van der Waals surface area (Å²) in [7, 11) is 3.06. The Morgan fingerprint density at radius 1 is 1.33 bits per heavy atom. The molecule has 0 heterocycles. The molecule has 90 valence electrons. The quantitative estimate of drug-likeness (QED) is 0.651. The molecular weight excluding hydrogens is 194 g/mol. The minimum absolute atomic E-state index is 0.146. The van der Waals surface area contributed by atoms with Crippen LogP contribution in [-0.4, -0.2) is 38.9 Å². The average Bonchev–Trinajstić information content (AvgIpc) is 2.24. The molecular formula is C11H23NO3. The van der Waals surface area contributed by atoms with Crippen molar-refractivity contribution < 1.29 is 14.3 Å². The summed E-state index contributed by atoms with van der Waals surface area (Å²) in [6.45, 7) is 6.67. The van der Waals surface area contributed by atoms with Gasteiger partial charge in [-0.25, -0.2) is 0 Å². The van der Waals surface area contributed by atoms with Crippen LogP contribution in [0, 0.1) is 5.92 Å². The van der Waals surface area contributed by atoms with Crippen LogP contribution in [0.15, 0.2) is 0 Å². The highest BCUT2D eigenvalue weighted by atomic mass is 16.5. The van der Waals surface area contributed by atoms with Gasteiger partial charge in [-0.15, -0.1) is 0 Å². The van der Waals surface area contributed by atoms with E-state index in [2.05, 4.69) is 12.2 Å². The van der Waals surface area contributed by atoms with E-state index in [-0.39, 0.29) is 24.0 Å². The number of ether oxygens (including phenoxy) is 2. The van der Waals surface area contributed by atoms with Gasteiger partial charge in [0.05, 0.1) is 13.7 Å². The van der Waals surface area contributed by atoms with Crippen LogP contribution in [0.25, 0.3) is 0 Å². The summed E-state index contributed by atoms with van der Waals surface area (Å²) in [4.78, 5) is 11.5. The molecule has 3 atom stereocenters. The monoisotopic (exact) mass is 217 g/mol. The van der Waals surface area contributed by atoms with Crippen LogP contribution in [0.1, 0.15) is 27.2 Å². The topological polar surface area (TPSA) is 47.6 Å². The molecule has 0 aromatic rings. The van der Waals surface area contributed by atoms with Crippen molar-refractivity contribution in [1.29, 1.82) is 0 Å². The van der Waals surface area contributed by atoms with Gasteiger partial charge in [0.2, 0.25) is 0 Å². The van der Waals surface area contributed by atoms with Crippen LogP contribution in [0.4, 0.5) is 0 Å². The molecule has 1 N–H and O–H groups in total. The van der Waals surface area contributed by atoms with Crippen LogP contribution < -0.4 is 5.32 Å². The third kappa shape index (κ3) is 5.14. The summed E-state index contributed by atoms with van der Waals surface area (Å²) in [5.74, 6) is 0.0593. The van der Waals surface area contributed by atoms with Crippen LogP contribution >= 0.6 is 0 Å². The highest BCUT2D eigenvalue weighted by Gasteiger charge is 2.25. The molecule has 15 heavy (non-hydrogen) atoms. The average molecular weight is 217 g/mol. The smallest absolute Gasteiger partial charge is 0.323 e. The number of methoxy groups -OCH3 is 2. The van der Waals surface area contributed by atoms with E-state index in [4.69, 9.17) is 9.47 Å². The molecule has 0 aliphatic heterocycles. The molecule has 3 unspecified atom stereocenters. The van der Waals surface area contributed by atoms with Gasteiger partial charge < -0.3 is 9.47 Å². The van der Waals surface area contributed by atoms with Crippen LogP contribution in [-0.2, 0) is 14.3 Å². The van der Waals surface area contributed by atoms with Crippen LogP contribution in [0.2, 0.25) is 0 Å². The Hall–Kier alpha value is -0.610. The lowest BCUT2D eigenvalue weighted by atomic mass is 9.98. The van der Waals surface area contributed by atoms with Crippen molar-refractivity contribution >= 4 is 5.97 Å². The SMILES string of the molecule is CCC(C)C(NC(C)COC)C(=O)OC. The first-order valence-corrected chi connectivity index (χ1v) is 5.39. The summed E-state index contributed by atoms with van der Waals surface area (Å²) in [5, 5.41) is 3.22. The second kappa shape index (κ2) is 7.65. The second-order valence-corrected chi connectivity index (χ2v) is 3.91. The Labute approximate surface area is 92.3 Å². The fourth-order valence-corrected chi connectivity index (χ4v) is 1.43. The number of rotatable bonds is 7. The Morgan fingerprint density at radius 3 is 2.33 bits per heavy atom. The third-order valence-electron chi connectivity index (χ3n) is 2.55. The van der Waals surface area contributed by atoms with E-state index in [0.29, 0.717) is 6.61 Å². The molecule has 4 heteroatoms. The lowest BCUT2D eigenvalue weighted by Gasteiger charge is -2.25. The predicted octanol–water partition coefficient (Wildman–Crippen LogP) is 1.20. The first-order valence-electron chi connectivity index (χ1n) is 5.39. The van der Waals surface area contributed by atoms with Gasteiger partial charge in [0.15, 0.2) is 0 Å². The van der Waals surface area contributed by atoms with Crippen LogP contribution in [0.5, 0.6) is 0 Å². The highest BCUT2D eigenvalue weighted by Crippen LogP contribution is 2.10. The molecule has 0 aliphatic carbocycles. The molecule has 4 nitrogen and oxygen atoms in total. The Kier molecular flexibility index (Phi) is 7.34. The summed E-state index contributed by atoms with van der Waals surface area (Å²) in [6, 6.07) is -0.0988. The maximum atomic E-state index is 11.5. The Bertz CT molecular complexity index is 185. The zero-order valence-corrected chi connectivity index (χ0v) is 10.4. The Balaban J connectivity index is 4.30. The van der Waals surface area contributed by atoms with Crippen molar-refractivity contribution in [2.45, 2.75) is 39.3 Å². The fourth-order valence-electron chi connectivity index (χ4n) is 1.43. The molecule has 0 amide bonds. The fraction of sp³-hybridized carbons (Fsp3) is 0.909. The number of hydrogen-bond donors (Lipinski definition) is 1. The highest BCUT2D eigenvalue weighted by molar-refractivity contribution is 5.76. The third-order valence-corrected chi connectivity index (χ3v) is 2.55. The van der Waals surface area contributed by atoms with E-state index in [0.717, 1.165) is 6.42 Å². The minimum Gasteiger partial charge on any atom is -0.468 e. The van der Waals surface area contributed by atoms with E-state index in [9.17, 15) is 4.79 Å². The molecule has 0 rings (SSSR count). The van der Waals surface area contributed by atoms with E-state index in [1.165, 1.54) is 7.11 Å². The molecule has 0 fully saturated rings. The van der Waals surface area contributed by atoms with Gasteiger partial charge >= 0.3 is 5.97 Å². The molecule has 0 spiro atoms. The second-order valence-electron chi connectivity index (χ2n) is 3.91. The van der Waals surface area contributed by atoms with Crippen LogP contribution in [0.3, 0.4) is 0 Å². The first kappa shape index (κ1) is 14.4. The van der Waals surface area contributed by atoms with Gasteiger partial charge in [-0.3, -0.25) is 10.1 Å². The minimum atomic E-state index is -0.245.